The second-order valence-corrected chi connectivity index (χ2v) is 6.87. The van der Waals surface area contributed by atoms with Crippen molar-refractivity contribution in [3.8, 4) is 0 Å². The van der Waals surface area contributed by atoms with Crippen LogP contribution < -0.4 is 0 Å². The highest BCUT2D eigenvalue weighted by molar-refractivity contribution is 9.10. The molecular weight excluding hydrogens is 319 g/mol. The first-order chi connectivity index (χ1) is 7.03. The summed E-state index contributed by atoms with van der Waals surface area (Å²) < 4.78 is 7.38. The van der Waals surface area contributed by atoms with E-state index in [9.17, 15) is 0 Å². The molecule has 1 aromatic rings. The molecule has 0 aliphatic carbocycles. The Kier molecular flexibility index (Phi) is 3.68. The molecule has 0 amide bonds. The molecule has 84 valence electrons. The van der Waals surface area contributed by atoms with E-state index < -0.39 is 0 Å². The van der Waals surface area contributed by atoms with Crippen LogP contribution in [-0.4, -0.2) is 12.2 Å². The van der Waals surface area contributed by atoms with Crippen LogP contribution in [0.5, 0.6) is 0 Å². The SMILES string of the molecule is CC1(C(Cl)c2cc(Br)c(Cl)s2)CCCO1. The highest BCUT2D eigenvalue weighted by Gasteiger charge is 2.39. The van der Waals surface area contributed by atoms with Gasteiger partial charge in [0.25, 0.3) is 0 Å². The Morgan fingerprint density at radius 3 is 2.87 bits per heavy atom. The van der Waals surface area contributed by atoms with E-state index in [1.54, 1.807) is 0 Å². The first kappa shape index (κ1) is 12.2. The summed E-state index contributed by atoms with van der Waals surface area (Å²) in [6.45, 7) is 2.87. The van der Waals surface area contributed by atoms with Crippen molar-refractivity contribution in [1.29, 1.82) is 0 Å². The summed E-state index contributed by atoms with van der Waals surface area (Å²) in [6, 6.07) is 1.98. The minimum Gasteiger partial charge on any atom is -0.373 e. The Bertz CT molecular complexity index is 341. The van der Waals surface area contributed by atoms with Crippen LogP contribution in [-0.2, 0) is 4.74 Å². The van der Waals surface area contributed by atoms with Gasteiger partial charge in [-0.25, -0.2) is 0 Å². The van der Waals surface area contributed by atoms with Gasteiger partial charge in [0.2, 0.25) is 0 Å². The first-order valence-electron chi connectivity index (χ1n) is 4.76. The highest BCUT2D eigenvalue weighted by atomic mass is 79.9. The maximum atomic E-state index is 6.44. The Labute approximate surface area is 112 Å². The lowest BCUT2D eigenvalue weighted by molar-refractivity contribution is 0.0171. The molecule has 1 aromatic heterocycles. The fourth-order valence-corrected chi connectivity index (χ4v) is 4.01. The van der Waals surface area contributed by atoms with Crippen molar-refractivity contribution in [2.24, 2.45) is 0 Å². The van der Waals surface area contributed by atoms with E-state index in [1.807, 2.05) is 6.07 Å². The van der Waals surface area contributed by atoms with Crippen LogP contribution in [0.4, 0.5) is 0 Å². The summed E-state index contributed by atoms with van der Waals surface area (Å²) in [7, 11) is 0. The van der Waals surface area contributed by atoms with Gasteiger partial charge in [-0.05, 0) is 41.8 Å². The van der Waals surface area contributed by atoms with E-state index in [4.69, 9.17) is 27.9 Å². The molecule has 0 radical (unpaired) electrons. The van der Waals surface area contributed by atoms with Crippen molar-refractivity contribution in [1.82, 2.24) is 0 Å². The lowest BCUT2D eigenvalue weighted by Crippen LogP contribution is -2.28. The van der Waals surface area contributed by atoms with Gasteiger partial charge in [0, 0.05) is 16.0 Å². The number of halogens is 3. The number of hydrogen-bond acceptors (Lipinski definition) is 2. The minimum absolute atomic E-state index is 0.117. The fourth-order valence-electron chi connectivity index (χ4n) is 1.79. The Morgan fingerprint density at radius 1 is 1.67 bits per heavy atom. The van der Waals surface area contributed by atoms with Gasteiger partial charge in [-0.15, -0.1) is 22.9 Å². The van der Waals surface area contributed by atoms with Crippen LogP contribution in [0, 0.1) is 0 Å². The molecule has 2 rings (SSSR count). The fraction of sp³-hybridized carbons (Fsp3) is 0.600. The average Bonchev–Trinajstić information content (AvgIpc) is 2.75. The third kappa shape index (κ3) is 2.37. The normalized spacial score (nSPS) is 28.3. The van der Waals surface area contributed by atoms with Crippen LogP contribution in [0.2, 0.25) is 4.34 Å². The predicted octanol–water partition coefficient (Wildman–Crippen LogP) is 5.01. The molecule has 1 aliphatic rings. The lowest BCUT2D eigenvalue weighted by Gasteiger charge is -2.27. The summed E-state index contributed by atoms with van der Waals surface area (Å²) in [5, 5.41) is -0.117. The van der Waals surface area contributed by atoms with Gasteiger partial charge in [0.05, 0.1) is 11.0 Å². The van der Waals surface area contributed by atoms with Gasteiger partial charge in [0.15, 0.2) is 0 Å². The zero-order chi connectivity index (χ0) is 11.1. The second kappa shape index (κ2) is 4.53. The smallest absolute Gasteiger partial charge is 0.107 e. The van der Waals surface area contributed by atoms with E-state index in [-0.39, 0.29) is 11.0 Å². The summed E-state index contributed by atoms with van der Waals surface area (Å²) in [5.74, 6) is 0. The number of alkyl halides is 1. The Hall–Kier alpha value is 0.720. The van der Waals surface area contributed by atoms with Gasteiger partial charge < -0.3 is 4.74 Å². The highest BCUT2D eigenvalue weighted by Crippen LogP contribution is 2.46. The second-order valence-electron chi connectivity index (χ2n) is 3.90. The van der Waals surface area contributed by atoms with E-state index in [1.165, 1.54) is 11.3 Å². The van der Waals surface area contributed by atoms with Crippen LogP contribution in [0.1, 0.15) is 30.0 Å². The quantitative estimate of drug-likeness (QED) is 0.693. The van der Waals surface area contributed by atoms with Gasteiger partial charge in [-0.1, -0.05) is 11.6 Å². The van der Waals surface area contributed by atoms with Crippen LogP contribution in [0.25, 0.3) is 0 Å². The minimum atomic E-state index is -0.241. The van der Waals surface area contributed by atoms with Crippen molar-refractivity contribution < 1.29 is 4.74 Å². The van der Waals surface area contributed by atoms with Crippen molar-refractivity contribution >= 4 is 50.5 Å². The molecule has 15 heavy (non-hydrogen) atoms. The maximum Gasteiger partial charge on any atom is 0.107 e. The summed E-state index contributed by atoms with van der Waals surface area (Å²) >= 11 is 17.3. The zero-order valence-electron chi connectivity index (χ0n) is 8.23. The third-order valence-corrected chi connectivity index (χ3v) is 6.07. The molecule has 0 spiro atoms. The molecule has 0 bridgehead atoms. The average molecular weight is 330 g/mol. The molecule has 0 N–H and O–H groups in total. The topological polar surface area (TPSA) is 9.23 Å². The standard InChI is InChI=1S/C10H11BrCl2OS/c1-10(3-2-4-14-10)8(12)7-5-6(11)9(13)15-7/h5,8H,2-4H2,1H3. The summed E-state index contributed by atoms with van der Waals surface area (Å²) in [6.07, 6.45) is 2.09. The number of thiophene rings is 1. The van der Waals surface area contributed by atoms with E-state index in [0.717, 1.165) is 33.1 Å². The zero-order valence-corrected chi connectivity index (χ0v) is 12.1. The molecule has 1 saturated heterocycles. The predicted molar refractivity (Wildman–Crippen MR) is 69.2 cm³/mol. The largest absolute Gasteiger partial charge is 0.373 e. The first-order valence-corrected chi connectivity index (χ1v) is 7.18. The van der Waals surface area contributed by atoms with E-state index in [0.29, 0.717) is 0 Å². The van der Waals surface area contributed by atoms with Gasteiger partial charge in [-0.3, -0.25) is 0 Å². The Balaban J connectivity index is 2.23. The third-order valence-electron chi connectivity index (χ3n) is 2.70. The molecule has 2 atom stereocenters. The molecule has 1 aliphatic heterocycles. The summed E-state index contributed by atoms with van der Waals surface area (Å²) in [4.78, 5) is 1.07. The monoisotopic (exact) mass is 328 g/mol. The number of hydrogen-bond donors (Lipinski definition) is 0. The Morgan fingerprint density at radius 2 is 2.40 bits per heavy atom. The molecule has 0 saturated carbocycles. The van der Waals surface area contributed by atoms with Gasteiger partial charge in [-0.2, -0.15) is 0 Å². The van der Waals surface area contributed by atoms with Crippen LogP contribution in [0.3, 0.4) is 0 Å². The molecule has 0 aromatic carbocycles. The molecular formula is C10H11BrCl2OS. The molecule has 2 unspecified atom stereocenters. The number of ether oxygens (including phenoxy) is 1. The molecule has 5 heteroatoms. The van der Waals surface area contributed by atoms with Gasteiger partial charge >= 0.3 is 0 Å². The van der Waals surface area contributed by atoms with E-state index >= 15 is 0 Å². The molecule has 1 fully saturated rings. The van der Waals surface area contributed by atoms with Crippen molar-refractivity contribution in [3.63, 3.8) is 0 Å². The molecule has 1 nitrogen and oxygen atoms in total. The van der Waals surface area contributed by atoms with Gasteiger partial charge in [0.1, 0.15) is 4.34 Å². The van der Waals surface area contributed by atoms with Crippen LogP contribution in [0.15, 0.2) is 10.5 Å². The number of rotatable bonds is 2. The molecule has 2 heterocycles. The van der Waals surface area contributed by atoms with Crippen molar-refractivity contribution in [3.05, 3.63) is 19.8 Å². The van der Waals surface area contributed by atoms with Crippen molar-refractivity contribution in [2.45, 2.75) is 30.7 Å². The van der Waals surface area contributed by atoms with E-state index in [2.05, 4.69) is 22.9 Å². The van der Waals surface area contributed by atoms with Crippen LogP contribution >= 0.6 is 50.5 Å². The lowest BCUT2D eigenvalue weighted by atomic mass is 9.97. The van der Waals surface area contributed by atoms with Crippen molar-refractivity contribution in [2.75, 3.05) is 6.61 Å². The maximum absolute atomic E-state index is 6.44. The summed E-state index contributed by atoms with van der Waals surface area (Å²) in [5.41, 5.74) is -0.241.